The van der Waals surface area contributed by atoms with Crippen molar-refractivity contribution in [1.82, 2.24) is 4.90 Å². The van der Waals surface area contributed by atoms with E-state index in [0.717, 1.165) is 27.0 Å². The van der Waals surface area contributed by atoms with E-state index < -0.39 is 0 Å². The van der Waals surface area contributed by atoms with Crippen LogP contribution >= 0.6 is 11.3 Å². The summed E-state index contributed by atoms with van der Waals surface area (Å²) >= 11 is 1.64. The van der Waals surface area contributed by atoms with Gasteiger partial charge in [0.2, 0.25) is 5.91 Å². The predicted molar refractivity (Wildman–Crippen MR) is 105 cm³/mol. The lowest BCUT2D eigenvalue weighted by Crippen LogP contribution is -2.24. The number of hydrogen-bond donors (Lipinski definition) is 0. The van der Waals surface area contributed by atoms with Crippen molar-refractivity contribution in [2.24, 2.45) is 0 Å². The molecule has 0 bridgehead atoms. The molecule has 4 heteroatoms. The van der Waals surface area contributed by atoms with Gasteiger partial charge >= 0.3 is 0 Å². The number of nitrogens with zero attached hydrogens (tertiary/aromatic N) is 1. The lowest BCUT2D eigenvalue weighted by Gasteiger charge is -2.15. The third-order valence-corrected chi connectivity index (χ3v) is 5.17. The molecule has 2 aromatic carbocycles. The fourth-order valence-electron chi connectivity index (χ4n) is 2.68. The molecule has 0 fully saturated rings. The first-order chi connectivity index (χ1) is 12.1. The van der Waals surface area contributed by atoms with Gasteiger partial charge < -0.3 is 9.64 Å². The van der Waals surface area contributed by atoms with Crippen molar-refractivity contribution in [1.29, 1.82) is 0 Å². The van der Waals surface area contributed by atoms with Gasteiger partial charge in [-0.05, 0) is 64.5 Å². The topological polar surface area (TPSA) is 29.5 Å². The molecule has 0 spiro atoms. The summed E-state index contributed by atoms with van der Waals surface area (Å²) in [7, 11) is 3.49. The second-order valence-electron chi connectivity index (χ2n) is 6.04. The van der Waals surface area contributed by atoms with Crippen LogP contribution < -0.4 is 4.74 Å². The van der Waals surface area contributed by atoms with Crippen LogP contribution in [-0.4, -0.2) is 25.0 Å². The quantitative estimate of drug-likeness (QED) is 0.613. The Morgan fingerprint density at radius 1 is 1.16 bits per heavy atom. The molecule has 0 N–H and O–H groups in total. The number of aryl methyl sites for hydroxylation is 1. The van der Waals surface area contributed by atoms with Gasteiger partial charge in [-0.15, -0.1) is 11.3 Å². The largest absolute Gasteiger partial charge is 0.497 e. The molecule has 25 heavy (non-hydrogen) atoms. The third kappa shape index (κ3) is 4.09. The molecule has 0 atom stereocenters. The number of rotatable bonds is 5. The molecule has 3 nitrogen and oxygen atoms in total. The Hall–Kier alpha value is -2.59. The summed E-state index contributed by atoms with van der Waals surface area (Å²) in [5, 5.41) is 4.31. The van der Waals surface area contributed by atoms with Gasteiger partial charge in [0.25, 0.3) is 0 Å². The number of methoxy groups -OCH3 is 1. The SMILES string of the molecule is COc1ccc2cc(CN(C)C(=O)/C=C/c3sccc3C)ccc2c1. The fraction of sp³-hybridized carbons (Fsp3) is 0.190. The molecule has 3 aromatic rings. The average molecular weight is 351 g/mol. The summed E-state index contributed by atoms with van der Waals surface area (Å²) < 4.78 is 5.25. The van der Waals surface area contributed by atoms with E-state index >= 15 is 0 Å². The van der Waals surface area contributed by atoms with Crippen molar-refractivity contribution >= 4 is 34.1 Å². The molecule has 1 aromatic heterocycles. The first kappa shape index (κ1) is 17.2. The minimum Gasteiger partial charge on any atom is -0.497 e. The lowest BCUT2D eigenvalue weighted by molar-refractivity contribution is -0.125. The Kier molecular flexibility index (Phi) is 5.19. The van der Waals surface area contributed by atoms with Crippen LogP contribution in [0.4, 0.5) is 0 Å². The maximum absolute atomic E-state index is 12.3. The molecule has 0 unspecified atom stereocenters. The molecule has 0 aliphatic heterocycles. The van der Waals surface area contributed by atoms with Crippen molar-refractivity contribution in [3.63, 3.8) is 0 Å². The highest BCUT2D eigenvalue weighted by molar-refractivity contribution is 7.11. The Labute approximate surface area is 152 Å². The van der Waals surface area contributed by atoms with Crippen molar-refractivity contribution in [2.75, 3.05) is 14.2 Å². The van der Waals surface area contributed by atoms with E-state index in [-0.39, 0.29) is 5.91 Å². The van der Waals surface area contributed by atoms with Gasteiger partial charge in [-0.2, -0.15) is 0 Å². The number of thiophene rings is 1. The van der Waals surface area contributed by atoms with Gasteiger partial charge in [0.05, 0.1) is 7.11 Å². The summed E-state index contributed by atoms with van der Waals surface area (Å²) in [6.45, 7) is 2.63. The van der Waals surface area contributed by atoms with Gasteiger partial charge in [-0.1, -0.05) is 18.2 Å². The number of hydrogen-bond acceptors (Lipinski definition) is 3. The molecule has 3 rings (SSSR count). The Morgan fingerprint density at radius 3 is 2.64 bits per heavy atom. The van der Waals surface area contributed by atoms with E-state index in [4.69, 9.17) is 4.74 Å². The van der Waals surface area contributed by atoms with Crippen LogP contribution in [0.25, 0.3) is 16.8 Å². The zero-order valence-corrected chi connectivity index (χ0v) is 15.5. The zero-order chi connectivity index (χ0) is 17.8. The molecule has 1 amide bonds. The van der Waals surface area contributed by atoms with Crippen molar-refractivity contribution in [2.45, 2.75) is 13.5 Å². The van der Waals surface area contributed by atoms with Crippen LogP contribution in [0.5, 0.6) is 5.75 Å². The van der Waals surface area contributed by atoms with E-state index in [1.807, 2.05) is 36.7 Å². The molecule has 0 saturated heterocycles. The highest BCUT2D eigenvalue weighted by Crippen LogP contribution is 2.22. The maximum atomic E-state index is 12.3. The number of benzene rings is 2. The highest BCUT2D eigenvalue weighted by Gasteiger charge is 2.07. The normalized spacial score (nSPS) is 11.2. The Bertz CT molecular complexity index is 927. The molecule has 1 heterocycles. The van der Waals surface area contributed by atoms with E-state index in [0.29, 0.717) is 6.54 Å². The number of ether oxygens (including phenoxy) is 1. The number of fused-ring (bicyclic) bond motifs is 1. The number of likely N-dealkylation sites (N-methyl/N-ethyl adjacent to an activating group) is 1. The lowest BCUT2D eigenvalue weighted by atomic mass is 10.1. The Balaban J connectivity index is 1.70. The van der Waals surface area contributed by atoms with Crippen LogP contribution in [0.15, 0.2) is 53.9 Å². The average Bonchev–Trinajstić information content (AvgIpc) is 3.04. The number of amides is 1. The predicted octanol–water partition coefficient (Wildman–Crippen LogP) is 4.89. The first-order valence-electron chi connectivity index (χ1n) is 8.11. The van der Waals surface area contributed by atoms with Gasteiger partial charge in [-0.3, -0.25) is 4.79 Å². The van der Waals surface area contributed by atoms with E-state index in [9.17, 15) is 4.79 Å². The van der Waals surface area contributed by atoms with Crippen molar-refractivity contribution in [3.8, 4) is 5.75 Å². The monoisotopic (exact) mass is 351 g/mol. The first-order valence-corrected chi connectivity index (χ1v) is 8.99. The van der Waals surface area contributed by atoms with Crippen LogP contribution in [0.3, 0.4) is 0 Å². The van der Waals surface area contributed by atoms with Crippen molar-refractivity contribution < 1.29 is 9.53 Å². The summed E-state index contributed by atoms with van der Waals surface area (Å²) in [5.74, 6) is 0.851. The van der Waals surface area contributed by atoms with E-state index in [1.165, 1.54) is 5.56 Å². The minimum atomic E-state index is 0.00243. The molecular weight excluding hydrogens is 330 g/mol. The Morgan fingerprint density at radius 2 is 1.92 bits per heavy atom. The smallest absolute Gasteiger partial charge is 0.246 e. The second-order valence-corrected chi connectivity index (χ2v) is 6.99. The van der Waals surface area contributed by atoms with E-state index in [1.54, 1.807) is 29.4 Å². The van der Waals surface area contributed by atoms with Gasteiger partial charge in [-0.25, -0.2) is 0 Å². The molecule has 0 radical (unpaired) electrons. The molecule has 128 valence electrons. The van der Waals surface area contributed by atoms with Crippen LogP contribution in [0.1, 0.15) is 16.0 Å². The standard InChI is InChI=1S/C21H21NO2S/c1-15-10-11-25-20(15)8-9-21(23)22(2)14-16-4-5-18-13-19(24-3)7-6-17(18)12-16/h4-13H,14H2,1-3H3/b9-8+. The summed E-state index contributed by atoms with van der Waals surface area (Å²) in [5.41, 5.74) is 2.30. The van der Waals surface area contributed by atoms with E-state index in [2.05, 4.69) is 31.2 Å². The summed E-state index contributed by atoms with van der Waals surface area (Å²) in [6, 6.07) is 14.3. The zero-order valence-electron chi connectivity index (χ0n) is 14.7. The van der Waals surface area contributed by atoms with Gasteiger partial charge in [0.1, 0.15) is 5.75 Å². The van der Waals surface area contributed by atoms with Gasteiger partial charge in [0.15, 0.2) is 0 Å². The number of carbonyl (C=O) groups is 1. The van der Waals surface area contributed by atoms with Crippen molar-refractivity contribution in [3.05, 3.63) is 69.9 Å². The van der Waals surface area contributed by atoms with Crippen LogP contribution in [0, 0.1) is 6.92 Å². The van der Waals surface area contributed by atoms with Crippen LogP contribution in [0.2, 0.25) is 0 Å². The summed E-state index contributed by atoms with van der Waals surface area (Å²) in [6.07, 6.45) is 3.54. The molecule has 0 aliphatic rings. The second kappa shape index (κ2) is 7.53. The van der Waals surface area contributed by atoms with Gasteiger partial charge in [0, 0.05) is 24.5 Å². The maximum Gasteiger partial charge on any atom is 0.246 e. The molecular formula is C21H21NO2S. The molecule has 0 aliphatic carbocycles. The van der Waals surface area contributed by atoms with Crippen LogP contribution in [-0.2, 0) is 11.3 Å². The molecule has 0 saturated carbocycles. The highest BCUT2D eigenvalue weighted by atomic mass is 32.1. The number of carbonyl (C=O) groups excluding carboxylic acids is 1. The summed E-state index contributed by atoms with van der Waals surface area (Å²) in [4.78, 5) is 15.2. The minimum absolute atomic E-state index is 0.00243. The third-order valence-electron chi connectivity index (χ3n) is 4.19. The fourth-order valence-corrected chi connectivity index (χ4v) is 3.50.